The molecule has 21 heavy (non-hydrogen) atoms. The first-order valence-electron chi connectivity index (χ1n) is 6.58. The average Bonchev–Trinajstić information content (AvgIpc) is 2.48. The number of nitrogens with one attached hydrogen (secondary N) is 1. The van der Waals surface area contributed by atoms with Crippen LogP contribution < -0.4 is 14.8 Å². The Labute approximate surface area is 132 Å². The highest BCUT2D eigenvalue weighted by Crippen LogP contribution is 2.18. The molecule has 110 valence electrons. The van der Waals surface area contributed by atoms with Crippen LogP contribution in [0, 0.1) is 0 Å². The molecule has 1 N–H and O–H groups in total. The van der Waals surface area contributed by atoms with Gasteiger partial charge in [0.1, 0.15) is 11.5 Å². The van der Waals surface area contributed by atoms with E-state index in [1.54, 1.807) is 18.2 Å². The van der Waals surface area contributed by atoms with Crippen LogP contribution >= 0.6 is 15.9 Å². The van der Waals surface area contributed by atoms with Gasteiger partial charge in [-0.05, 0) is 49.4 Å². The molecular weight excluding hydrogens is 334 g/mol. The molecule has 0 aliphatic carbocycles. The SMILES string of the molecule is CCOc1ccc(NC(=O)COc2cccc(Br)c2)cc1. The summed E-state index contributed by atoms with van der Waals surface area (Å²) in [6, 6.07) is 14.6. The largest absolute Gasteiger partial charge is 0.494 e. The van der Waals surface area contributed by atoms with Crippen LogP contribution in [0.15, 0.2) is 53.0 Å². The zero-order valence-corrected chi connectivity index (χ0v) is 13.2. The molecule has 0 saturated heterocycles. The molecule has 0 unspecified atom stereocenters. The topological polar surface area (TPSA) is 47.6 Å². The van der Waals surface area contributed by atoms with Crippen molar-refractivity contribution in [1.29, 1.82) is 0 Å². The minimum absolute atomic E-state index is 0.0380. The molecular formula is C16H16BrNO3. The van der Waals surface area contributed by atoms with E-state index in [-0.39, 0.29) is 12.5 Å². The van der Waals surface area contributed by atoms with Gasteiger partial charge in [0, 0.05) is 10.2 Å². The van der Waals surface area contributed by atoms with Gasteiger partial charge in [0.2, 0.25) is 0 Å². The second kappa shape index (κ2) is 7.69. The second-order valence-corrected chi connectivity index (χ2v) is 5.17. The lowest BCUT2D eigenvalue weighted by molar-refractivity contribution is -0.118. The van der Waals surface area contributed by atoms with Crippen LogP contribution in [0.4, 0.5) is 5.69 Å². The Balaban J connectivity index is 1.84. The Morgan fingerprint density at radius 1 is 1.10 bits per heavy atom. The van der Waals surface area contributed by atoms with E-state index in [1.807, 2.05) is 37.3 Å². The zero-order chi connectivity index (χ0) is 15.1. The molecule has 0 spiro atoms. The van der Waals surface area contributed by atoms with Crippen molar-refractivity contribution in [3.8, 4) is 11.5 Å². The fourth-order valence-electron chi connectivity index (χ4n) is 1.70. The Bertz CT molecular complexity index is 599. The van der Waals surface area contributed by atoms with Crippen LogP contribution in [-0.4, -0.2) is 19.1 Å². The summed E-state index contributed by atoms with van der Waals surface area (Å²) in [5.41, 5.74) is 0.710. The van der Waals surface area contributed by atoms with Crippen LogP contribution in [0.1, 0.15) is 6.92 Å². The monoisotopic (exact) mass is 349 g/mol. The highest BCUT2D eigenvalue weighted by molar-refractivity contribution is 9.10. The van der Waals surface area contributed by atoms with Crippen molar-refractivity contribution in [2.24, 2.45) is 0 Å². The first-order valence-corrected chi connectivity index (χ1v) is 7.38. The number of halogens is 1. The number of carbonyl (C=O) groups excluding carboxylic acids is 1. The number of hydrogen-bond acceptors (Lipinski definition) is 3. The molecule has 5 heteroatoms. The van der Waals surface area contributed by atoms with E-state index in [4.69, 9.17) is 9.47 Å². The van der Waals surface area contributed by atoms with Crippen LogP contribution in [0.5, 0.6) is 11.5 Å². The van der Waals surface area contributed by atoms with Crippen LogP contribution in [0.2, 0.25) is 0 Å². The zero-order valence-electron chi connectivity index (χ0n) is 11.6. The molecule has 0 aliphatic rings. The van der Waals surface area contributed by atoms with Gasteiger partial charge in [0.05, 0.1) is 6.61 Å². The van der Waals surface area contributed by atoms with Crippen molar-refractivity contribution >= 4 is 27.5 Å². The number of anilines is 1. The molecule has 2 aromatic rings. The van der Waals surface area contributed by atoms with Crippen molar-refractivity contribution in [2.45, 2.75) is 6.92 Å². The number of rotatable bonds is 6. The smallest absolute Gasteiger partial charge is 0.262 e. The summed E-state index contributed by atoms with van der Waals surface area (Å²) in [5, 5.41) is 2.76. The molecule has 0 heterocycles. The first-order chi connectivity index (χ1) is 10.2. The van der Waals surface area contributed by atoms with Gasteiger partial charge in [-0.2, -0.15) is 0 Å². The number of ether oxygens (including phenoxy) is 2. The summed E-state index contributed by atoms with van der Waals surface area (Å²) in [4.78, 5) is 11.8. The lowest BCUT2D eigenvalue weighted by Gasteiger charge is -2.08. The van der Waals surface area contributed by atoms with Crippen LogP contribution in [0.25, 0.3) is 0 Å². The van der Waals surface area contributed by atoms with E-state index in [0.29, 0.717) is 18.0 Å². The quantitative estimate of drug-likeness (QED) is 0.861. The Morgan fingerprint density at radius 3 is 2.52 bits per heavy atom. The van der Waals surface area contributed by atoms with Crippen molar-refractivity contribution in [3.05, 3.63) is 53.0 Å². The lowest BCUT2D eigenvalue weighted by Crippen LogP contribution is -2.20. The summed E-state index contributed by atoms with van der Waals surface area (Å²) >= 11 is 3.35. The van der Waals surface area contributed by atoms with Gasteiger partial charge >= 0.3 is 0 Å². The lowest BCUT2D eigenvalue weighted by atomic mass is 10.3. The fourth-order valence-corrected chi connectivity index (χ4v) is 2.08. The maximum absolute atomic E-state index is 11.8. The molecule has 0 aliphatic heterocycles. The molecule has 0 saturated carbocycles. The summed E-state index contributed by atoms with van der Waals surface area (Å²) in [6.07, 6.45) is 0. The van der Waals surface area contributed by atoms with Crippen molar-refractivity contribution in [1.82, 2.24) is 0 Å². The summed E-state index contributed by atoms with van der Waals surface area (Å²) in [5.74, 6) is 1.21. The predicted octanol–water partition coefficient (Wildman–Crippen LogP) is 3.87. The number of hydrogen-bond donors (Lipinski definition) is 1. The third-order valence-corrected chi connectivity index (χ3v) is 3.11. The molecule has 0 fully saturated rings. The number of benzene rings is 2. The summed E-state index contributed by atoms with van der Waals surface area (Å²) in [6.45, 7) is 2.50. The minimum atomic E-state index is -0.209. The van der Waals surface area contributed by atoms with Gasteiger partial charge in [-0.25, -0.2) is 0 Å². The average molecular weight is 350 g/mol. The molecule has 0 radical (unpaired) electrons. The van der Waals surface area contributed by atoms with E-state index >= 15 is 0 Å². The molecule has 0 aromatic heterocycles. The fraction of sp³-hybridized carbons (Fsp3) is 0.188. The summed E-state index contributed by atoms with van der Waals surface area (Å²) in [7, 11) is 0. The van der Waals surface area contributed by atoms with Crippen molar-refractivity contribution < 1.29 is 14.3 Å². The van der Waals surface area contributed by atoms with Crippen molar-refractivity contribution in [2.75, 3.05) is 18.5 Å². The minimum Gasteiger partial charge on any atom is -0.494 e. The van der Waals surface area contributed by atoms with Gasteiger partial charge < -0.3 is 14.8 Å². The number of amides is 1. The van der Waals surface area contributed by atoms with Crippen LogP contribution in [0.3, 0.4) is 0 Å². The van der Waals surface area contributed by atoms with E-state index in [0.717, 1.165) is 10.2 Å². The highest BCUT2D eigenvalue weighted by atomic mass is 79.9. The van der Waals surface area contributed by atoms with E-state index in [1.165, 1.54) is 0 Å². The summed E-state index contributed by atoms with van der Waals surface area (Å²) < 4.78 is 11.7. The van der Waals surface area contributed by atoms with Gasteiger partial charge in [0.25, 0.3) is 5.91 Å². The second-order valence-electron chi connectivity index (χ2n) is 4.25. The van der Waals surface area contributed by atoms with Gasteiger partial charge in [-0.15, -0.1) is 0 Å². The number of carbonyl (C=O) groups is 1. The molecule has 0 bridgehead atoms. The Hall–Kier alpha value is -2.01. The van der Waals surface area contributed by atoms with Crippen molar-refractivity contribution in [3.63, 3.8) is 0 Å². The Kier molecular flexibility index (Phi) is 5.63. The van der Waals surface area contributed by atoms with Crippen LogP contribution in [-0.2, 0) is 4.79 Å². The molecule has 4 nitrogen and oxygen atoms in total. The predicted molar refractivity (Wildman–Crippen MR) is 85.9 cm³/mol. The third kappa shape index (κ3) is 5.11. The van der Waals surface area contributed by atoms with E-state index in [9.17, 15) is 4.79 Å². The molecule has 0 atom stereocenters. The maximum Gasteiger partial charge on any atom is 0.262 e. The molecule has 2 rings (SSSR count). The van der Waals surface area contributed by atoms with E-state index in [2.05, 4.69) is 21.2 Å². The standard InChI is InChI=1S/C16H16BrNO3/c1-2-20-14-8-6-13(7-9-14)18-16(19)11-21-15-5-3-4-12(17)10-15/h3-10H,2,11H2,1H3,(H,18,19). The molecule has 2 aromatic carbocycles. The first kappa shape index (κ1) is 15.4. The third-order valence-electron chi connectivity index (χ3n) is 2.62. The molecule has 1 amide bonds. The van der Waals surface area contributed by atoms with E-state index < -0.39 is 0 Å². The van der Waals surface area contributed by atoms with Gasteiger partial charge in [0.15, 0.2) is 6.61 Å². The van der Waals surface area contributed by atoms with Gasteiger partial charge in [-0.3, -0.25) is 4.79 Å². The highest BCUT2D eigenvalue weighted by Gasteiger charge is 2.04. The normalized spacial score (nSPS) is 10.0. The van der Waals surface area contributed by atoms with Gasteiger partial charge in [-0.1, -0.05) is 22.0 Å². The Morgan fingerprint density at radius 2 is 1.86 bits per heavy atom. The maximum atomic E-state index is 11.8.